The van der Waals surface area contributed by atoms with Crippen LogP contribution in [0.25, 0.3) is 0 Å². The number of carboxylic acid groups (broad SMARTS) is 1. The number of pyridine rings is 1. The summed E-state index contributed by atoms with van der Waals surface area (Å²) in [4.78, 5) is 14.0. The highest BCUT2D eigenvalue weighted by Gasteiger charge is 2.13. The SMILES string of the molecule is CCS(=O)(=O)c1ccc(C(=O)O)cn1. The van der Waals surface area contributed by atoms with Crippen LogP contribution in [0.2, 0.25) is 0 Å². The van der Waals surface area contributed by atoms with Crippen LogP contribution in [0.5, 0.6) is 0 Å². The van der Waals surface area contributed by atoms with Gasteiger partial charge in [0.1, 0.15) is 0 Å². The van der Waals surface area contributed by atoms with Gasteiger partial charge in [-0.3, -0.25) is 0 Å². The van der Waals surface area contributed by atoms with Crippen molar-refractivity contribution in [2.45, 2.75) is 11.9 Å². The van der Waals surface area contributed by atoms with Crippen molar-refractivity contribution in [3.8, 4) is 0 Å². The zero-order valence-electron chi connectivity index (χ0n) is 7.47. The Kier molecular flexibility index (Phi) is 2.85. The van der Waals surface area contributed by atoms with Crippen molar-refractivity contribution >= 4 is 15.8 Å². The summed E-state index contributed by atoms with van der Waals surface area (Å²) in [6.07, 6.45) is 1.03. The van der Waals surface area contributed by atoms with E-state index in [2.05, 4.69) is 4.98 Å². The molecule has 1 rings (SSSR count). The number of carboxylic acids is 1. The number of aromatic nitrogens is 1. The molecule has 0 aliphatic carbocycles. The normalized spacial score (nSPS) is 11.2. The molecule has 1 N–H and O–H groups in total. The van der Waals surface area contributed by atoms with E-state index < -0.39 is 15.8 Å². The Morgan fingerprint density at radius 2 is 2.14 bits per heavy atom. The van der Waals surface area contributed by atoms with Gasteiger partial charge >= 0.3 is 5.97 Å². The number of sulfone groups is 1. The molecule has 76 valence electrons. The van der Waals surface area contributed by atoms with Gasteiger partial charge in [-0.2, -0.15) is 0 Å². The summed E-state index contributed by atoms with van der Waals surface area (Å²) in [5.74, 6) is -1.18. The molecule has 6 heteroatoms. The third kappa shape index (κ3) is 2.08. The van der Waals surface area contributed by atoms with Crippen LogP contribution in [0.15, 0.2) is 23.4 Å². The Balaban J connectivity index is 3.12. The Bertz CT molecular complexity index is 435. The number of rotatable bonds is 3. The van der Waals surface area contributed by atoms with Crippen LogP contribution in [0, 0.1) is 0 Å². The highest BCUT2D eigenvalue weighted by atomic mass is 32.2. The van der Waals surface area contributed by atoms with Gasteiger partial charge in [0.2, 0.25) is 0 Å². The topological polar surface area (TPSA) is 84.3 Å². The monoisotopic (exact) mass is 215 g/mol. The molecule has 0 saturated heterocycles. The van der Waals surface area contributed by atoms with E-state index in [-0.39, 0.29) is 16.3 Å². The molecular weight excluding hydrogens is 206 g/mol. The molecule has 0 amide bonds. The Morgan fingerprint density at radius 1 is 1.50 bits per heavy atom. The van der Waals surface area contributed by atoms with Crippen molar-refractivity contribution in [1.29, 1.82) is 0 Å². The van der Waals surface area contributed by atoms with Gasteiger partial charge in [0.25, 0.3) is 0 Å². The Hall–Kier alpha value is -1.43. The maximum absolute atomic E-state index is 11.3. The van der Waals surface area contributed by atoms with Crippen LogP contribution >= 0.6 is 0 Å². The zero-order valence-corrected chi connectivity index (χ0v) is 8.28. The molecule has 0 saturated carbocycles. The molecule has 5 nitrogen and oxygen atoms in total. The predicted octanol–water partition coefficient (Wildman–Crippen LogP) is 0.573. The molecule has 0 unspecified atom stereocenters. The summed E-state index contributed by atoms with van der Waals surface area (Å²) in [6, 6.07) is 2.42. The van der Waals surface area contributed by atoms with E-state index in [1.165, 1.54) is 19.1 Å². The second-order valence-corrected chi connectivity index (χ2v) is 4.82. The first-order valence-corrected chi connectivity index (χ1v) is 5.54. The summed E-state index contributed by atoms with van der Waals surface area (Å²) >= 11 is 0. The van der Waals surface area contributed by atoms with Crippen LogP contribution in [0.4, 0.5) is 0 Å². The van der Waals surface area contributed by atoms with E-state index in [1.54, 1.807) is 0 Å². The Morgan fingerprint density at radius 3 is 2.50 bits per heavy atom. The molecule has 0 bridgehead atoms. The standard InChI is InChI=1S/C8H9NO4S/c1-2-14(12,13)7-4-3-6(5-9-7)8(10)11/h3-5H,2H2,1H3,(H,10,11). The van der Waals surface area contributed by atoms with E-state index >= 15 is 0 Å². The largest absolute Gasteiger partial charge is 0.478 e. The van der Waals surface area contributed by atoms with Crippen LogP contribution in [-0.4, -0.2) is 30.2 Å². The van der Waals surface area contributed by atoms with Crippen molar-refractivity contribution in [2.75, 3.05) is 5.75 Å². The molecule has 0 aromatic carbocycles. The lowest BCUT2D eigenvalue weighted by Gasteiger charge is -1.99. The first-order valence-electron chi connectivity index (χ1n) is 3.89. The maximum atomic E-state index is 11.3. The van der Waals surface area contributed by atoms with Gasteiger partial charge in [0, 0.05) is 6.20 Å². The molecule has 0 aliphatic heterocycles. The number of carbonyl (C=O) groups is 1. The van der Waals surface area contributed by atoms with Crippen LogP contribution in [0.1, 0.15) is 17.3 Å². The fourth-order valence-corrected chi connectivity index (χ4v) is 1.62. The second-order valence-electron chi connectivity index (χ2n) is 2.59. The lowest BCUT2D eigenvalue weighted by atomic mass is 10.3. The Labute approximate surface area is 81.3 Å². The van der Waals surface area contributed by atoms with Crippen molar-refractivity contribution < 1.29 is 18.3 Å². The highest BCUT2D eigenvalue weighted by Crippen LogP contribution is 2.08. The summed E-state index contributed by atoms with van der Waals surface area (Å²) in [6.45, 7) is 1.50. The lowest BCUT2D eigenvalue weighted by molar-refractivity contribution is 0.0696. The molecule has 0 atom stereocenters. The van der Waals surface area contributed by atoms with Crippen LogP contribution in [0.3, 0.4) is 0 Å². The number of hydrogen-bond donors (Lipinski definition) is 1. The average molecular weight is 215 g/mol. The van der Waals surface area contributed by atoms with Crippen molar-refractivity contribution in [3.05, 3.63) is 23.9 Å². The van der Waals surface area contributed by atoms with Gasteiger partial charge < -0.3 is 5.11 Å². The summed E-state index contributed by atoms with van der Waals surface area (Å²) < 4.78 is 22.5. The second kappa shape index (κ2) is 3.75. The van der Waals surface area contributed by atoms with E-state index in [0.29, 0.717) is 0 Å². The molecule has 0 radical (unpaired) electrons. The van der Waals surface area contributed by atoms with E-state index in [1.807, 2.05) is 0 Å². The summed E-state index contributed by atoms with van der Waals surface area (Å²) in [7, 11) is -3.34. The van der Waals surface area contributed by atoms with E-state index in [9.17, 15) is 13.2 Å². The van der Waals surface area contributed by atoms with Gasteiger partial charge in [-0.1, -0.05) is 6.92 Å². The molecule has 0 aliphatic rings. The van der Waals surface area contributed by atoms with Crippen LogP contribution in [-0.2, 0) is 9.84 Å². The summed E-state index contributed by atoms with van der Waals surface area (Å²) in [5.41, 5.74) is -0.0277. The van der Waals surface area contributed by atoms with Crippen molar-refractivity contribution in [3.63, 3.8) is 0 Å². The number of hydrogen-bond acceptors (Lipinski definition) is 4. The maximum Gasteiger partial charge on any atom is 0.337 e. The number of aromatic carboxylic acids is 1. The minimum absolute atomic E-state index is 0.0277. The van der Waals surface area contributed by atoms with Gasteiger partial charge in [0.05, 0.1) is 11.3 Å². The van der Waals surface area contributed by atoms with E-state index in [0.717, 1.165) is 6.20 Å². The fraction of sp³-hybridized carbons (Fsp3) is 0.250. The minimum Gasteiger partial charge on any atom is -0.478 e. The predicted molar refractivity (Wildman–Crippen MR) is 48.9 cm³/mol. The molecule has 0 fully saturated rings. The highest BCUT2D eigenvalue weighted by molar-refractivity contribution is 7.91. The molecule has 14 heavy (non-hydrogen) atoms. The van der Waals surface area contributed by atoms with Crippen LogP contribution < -0.4 is 0 Å². The minimum atomic E-state index is -3.34. The van der Waals surface area contributed by atoms with E-state index in [4.69, 9.17) is 5.11 Å². The molecule has 1 heterocycles. The molecule has 0 spiro atoms. The number of nitrogens with zero attached hydrogens (tertiary/aromatic N) is 1. The summed E-state index contributed by atoms with van der Waals surface area (Å²) in [5, 5.41) is 8.45. The first kappa shape index (κ1) is 10.6. The smallest absolute Gasteiger partial charge is 0.337 e. The van der Waals surface area contributed by atoms with Gasteiger partial charge in [-0.15, -0.1) is 0 Å². The quantitative estimate of drug-likeness (QED) is 0.796. The lowest BCUT2D eigenvalue weighted by Crippen LogP contribution is -2.07. The zero-order chi connectivity index (χ0) is 10.8. The van der Waals surface area contributed by atoms with Gasteiger partial charge in [-0.25, -0.2) is 18.2 Å². The molecule has 1 aromatic rings. The van der Waals surface area contributed by atoms with Gasteiger partial charge in [-0.05, 0) is 12.1 Å². The average Bonchev–Trinajstić information content (AvgIpc) is 2.18. The van der Waals surface area contributed by atoms with Gasteiger partial charge in [0.15, 0.2) is 14.9 Å². The fourth-order valence-electron chi connectivity index (χ4n) is 0.839. The van der Waals surface area contributed by atoms with Crippen molar-refractivity contribution in [2.24, 2.45) is 0 Å². The molecular formula is C8H9NO4S. The third-order valence-electron chi connectivity index (χ3n) is 1.68. The first-order chi connectivity index (χ1) is 6.47. The third-order valence-corrected chi connectivity index (χ3v) is 3.32. The molecule has 1 aromatic heterocycles. The van der Waals surface area contributed by atoms with Crippen molar-refractivity contribution in [1.82, 2.24) is 4.98 Å².